The maximum Gasteiger partial charge on any atom is 0.325 e. The van der Waals surface area contributed by atoms with Gasteiger partial charge in [0.25, 0.3) is 0 Å². The van der Waals surface area contributed by atoms with Gasteiger partial charge in [-0.3, -0.25) is 14.9 Å². The van der Waals surface area contributed by atoms with Crippen molar-refractivity contribution in [3.63, 3.8) is 0 Å². The zero-order valence-corrected chi connectivity index (χ0v) is 10.6. The van der Waals surface area contributed by atoms with E-state index in [1.807, 2.05) is 0 Å². The predicted octanol–water partition coefficient (Wildman–Crippen LogP) is 1.90. The molecule has 0 saturated heterocycles. The lowest BCUT2D eigenvalue weighted by Crippen LogP contribution is -2.35. The molecule has 0 aliphatic carbocycles. The zero-order chi connectivity index (χ0) is 13.5. The topological polar surface area (TPSA) is 95.5 Å². The molecule has 1 unspecified atom stereocenters. The number of amides is 3. The third kappa shape index (κ3) is 5.44. The van der Waals surface area contributed by atoms with Gasteiger partial charge < -0.3 is 10.4 Å². The van der Waals surface area contributed by atoms with Crippen LogP contribution in [-0.2, 0) is 9.59 Å². The number of carboxylic acids is 1. The van der Waals surface area contributed by atoms with Crippen molar-refractivity contribution in [2.45, 2.75) is 19.8 Å². The van der Waals surface area contributed by atoms with Crippen molar-refractivity contribution in [3.05, 3.63) is 16.8 Å². The lowest BCUT2D eigenvalue weighted by molar-refractivity contribution is -0.138. The summed E-state index contributed by atoms with van der Waals surface area (Å²) in [7, 11) is 0. The summed E-state index contributed by atoms with van der Waals surface area (Å²) in [6.07, 6.45) is -0.0943. The van der Waals surface area contributed by atoms with Gasteiger partial charge >= 0.3 is 12.0 Å². The van der Waals surface area contributed by atoms with Crippen molar-refractivity contribution in [2.24, 2.45) is 5.92 Å². The van der Waals surface area contributed by atoms with Crippen molar-refractivity contribution in [2.75, 3.05) is 5.32 Å². The molecule has 0 spiro atoms. The molecule has 1 atom stereocenters. The molecule has 1 rings (SSSR count). The highest BCUT2D eigenvalue weighted by Gasteiger charge is 2.14. The van der Waals surface area contributed by atoms with E-state index >= 15 is 0 Å². The molecule has 0 aliphatic heterocycles. The SMILES string of the molecule is CC(CC(=O)O)CC(=O)NC(=O)Nc1ccsc1. The molecular formula is C11H14N2O4S. The molecule has 0 aliphatic rings. The fraction of sp³-hybridized carbons (Fsp3) is 0.364. The van der Waals surface area contributed by atoms with Crippen molar-refractivity contribution in [1.29, 1.82) is 0 Å². The Morgan fingerprint density at radius 2 is 2.11 bits per heavy atom. The Morgan fingerprint density at radius 3 is 2.67 bits per heavy atom. The molecule has 1 aromatic rings. The zero-order valence-electron chi connectivity index (χ0n) is 9.80. The maximum absolute atomic E-state index is 11.4. The number of rotatable bonds is 5. The minimum atomic E-state index is -0.960. The molecule has 7 heteroatoms. The first-order valence-electron chi connectivity index (χ1n) is 5.32. The Labute approximate surface area is 108 Å². The number of hydrogen-bond acceptors (Lipinski definition) is 4. The molecule has 0 saturated carbocycles. The van der Waals surface area contributed by atoms with E-state index in [1.165, 1.54) is 11.3 Å². The van der Waals surface area contributed by atoms with Gasteiger partial charge in [0.1, 0.15) is 0 Å². The fourth-order valence-electron chi connectivity index (χ4n) is 1.36. The van der Waals surface area contributed by atoms with E-state index in [2.05, 4.69) is 10.6 Å². The van der Waals surface area contributed by atoms with E-state index in [1.54, 1.807) is 23.8 Å². The highest BCUT2D eigenvalue weighted by Crippen LogP contribution is 2.11. The molecule has 0 aromatic carbocycles. The second-order valence-corrected chi connectivity index (χ2v) is 4.70. The lowest BCUT2D eigenvalue weighted by atomic mass is 10.0. The van der Waals surface area contributed by atoms with Crippen molar-refractivity contribution in [1.82, 2.24) is 5.32 Å². The van der Waals surface area contributed by atoms with Crippen LogP contribution < -0.4 is 10.6 Å². The van der Waals surface area contributed by atoms with E-state index in [9.17, 15) is 14.4 Å². The van der Waals surface area contributed by atoms with Crippen LogP contribution in [0, 0.1) is 5.92 Å². The number of imide groups is 1. The number of thiophene rings is 1. The summed E-state index contributed by atoms with van der Waals surface area (Å²) in [6.45, 7) is 1.64. The van der Waals surface area contributed by atoms with Gasteiger partial charge in [0, 0.05) is 18.2 Å². The summed E-state index contributed by atoms with van der Waals surface area (Å²) >= 11 is 1.43. The Kier molecular flexibility index (Phi) is 5.31. The molecule has 1 heterocycles. The van der Waals surface area contributed by atoms with Crippen LogP contribution in [0.2, 0.25) is 0 Å². The number of carbonyl (C=O) groups excluding carboxylic acids is 2. The average Bonchev–Trinajstić information content (AvgIpc) is 2.67. The van der Waals surface area contributed by atoms with Crippen molar-refractivity contribution >= 4 is 34.9 Å². The number of anilines is 1. The van der Waals surface area contributed by atoms with Crippen LogP contribution in [-0.4, -0.2) is 23.0 Å². The van der Waals surface area contributed by atoms with Crippen LogP contribution in [0.15, 0.2) is 16.8 Å². The van der Waals surface area contributed by atoms with Crippen LogP contribution in [0.5, 0.6) is 0 Å². The minimum Gasteiger partial charge on any atom is -0.481 e. The normalized spacial score (nSPS) is 11.6. The van der Waals surface area contributed by atoms with Gasteiger partial charge in [-0.2, -0.15) is 11.3 Å². The Morgan fingerprint density at radius 1 is 1.39 bits per heavy atom. The van der Waals surface area contributed by atoms with Gasteiger partial charge in [-0.1, -0.05) is 6.92 Å². The predicted molar refractivity (Wildman–Crippen MR) is 67.5 cm³/mol. The molecule has 6 nitrogen and oxygen atoms in total. The van der Waals surface area contributed by atoms with Crippen molar-refractivity contribution < 1.29 is 19.5 Å². The summed E-state index contributed by atoms with van der Waals surface area (Å²) in [5.74, 6) is -1.76. The largest absolute Gasteiger partial charge is 0.481 e. The first kappa shape index (κ1) is 14.2. The maximum atomic E-state index is 11.4. The Balaban J connectivity index is 2.31. The van der Waals surface area contributed by atoms with Crippen molar-refractivity contribution in [3.8, 4) is 0 Å². The van der Waals surface area contributed by atoms with Crippen LogP contribution in [0.3, 0.4) is 0 Å². The molecule has 3 N–H and O–H groups in total. The molecule has 1 aromatic heterocycles. The van der Waals surface area contributed by atoms with Crippen LogP contribution >= 0.6 is 11.3 Å². The van der Waals surface area contributed by atoms with Gasteiger partial charge in [-0.25, -0.2) is 4.79 Å². The van der Waals surface area contributed by atoms with Crippen LogP contribution in [0.4, 0.5) is 10.5 Å². The Bertz CT molecular complexity index is 430. The van der Waals surface area contributed by atoms with E-state index in [4.69, 9.17) is 5.11 Å². The highest BCUT2D eigenvalue weighted by atomic mass is 32.1. The monoisotopic (exact) mass is 270 g/mol. The first-order chi connectivity index (χ1) is 8.47. The summed E-state index contributed by atoms with van der Waals surface area (Å²) in [5, 5.41) is 16.7. The number of urea groups is 1. The third-order valence-electron chi connectivity index (χ3n) is 2.09. The average molecular weight is 270 g/mol. The number of carboxylic acid groups (broad SMARTS) is 1. The molecular weight excluding hydrogens is 256 g/mol. The summed E-state index contributed by atoms with van der Waals surface area (Å²) in [6, 6.07) is 1.10. The summed E-state index contributed by atoms with van der Waals surface area (Å²) in [5.41, 5.74) is 0.615. The molecule has 0 radical (unpaired) electrons. The van der Waals surface area contributed by atoms with Gasteiger partial charge in [0.15, 0.2) is 0 Å². The first-order valence-corrected chi connectivity index (χ1v) is 6.26. The molecule has 3 amide bonds. The van der Waals surface area contributed by atoms with Crippen LogP contribution in [0.25, 0.3) is 0 Å². The summed E-state index contributed by atoms with van der Waals surface area (Å²) < 4.78 is 0. The van der Waals surface area contributed by atoms with E-state index in [-0.39, 0.29) is 18.8 Å². The number of nitrogens with one attached hydrogen (secondary N) is 2. The molecule has 0 fully saturated rings. The standard InChI is InChI=1S/C11H14N2O4S/c1-7(5-10(15)16)4-9(14)13-11(17)12-8-2-3-18-6-8/h2-3,6-7H,4-5H2,1H3,(H,15,16)(H2,12,13,14,17). The molecule has 18 heavy (non-hydrogen) atoms. The van der Waals surface area contributed by atoms with Crippen LogP contribution in [0.1, 0.15) is 19.8 Å². The third-order valence-corrected chi connectivity index (χ3v) is 2.77. The number of aliphatic carboxylic acids is 1. The smallest absolute Gasteiger partial charge is 0.325 e. The van der Waals surface area contributed by atoms with Gasteiger partial charge in [0.2, 0.25) is 5.91 Å². The second-order valence-electron chi connectivity index (χ2n) is 3.92. The van der Waals surface area contributed by atoms with Gasteiger partial charge in [0.05, 0.1) is 5.69 Å². The highest BCUT2D eigenvalue weighted by molar-refractivity contribution is 7.08. The molecule has 98 valence electrons. The Hall–Kier alpha value is -1.89. The van der Waals surface area contributed by atoms with Gasteiger partial charge in [-0.15, -0.1) is 0 Å². The summed E-state index contributed by atoms with van der Waals surface area (Å²) in [4.78, 5) is 33.2. The lowest BCUT2D eigenvalue weighted by Gasteiger charge is -2.08. The fourth-order valence-corrected chi connectivity index (χ4v) is 1.95. The minimum absolute atomic E-state index is 0.00333. The quantitative estimate of drug-likeness (QED) is 0.761. The van der Waals surface area contributed by atoms with E-state index < -0.39 is 17.9 Å². The van der Waals surface area contributed by atoms with E-state index in [0.717, 1.165) is 0 Å². The number of carbonyl (C=O) groups is 3. The second kappa shape index (κ2) is 6.75. The number of hydrogen-bond donors (Lipinski definition) is 3. The van der Waals surface area contributed by atoms with Gasteiger partial charge in [-0.05, 0) is 17.4 Å². The van der Waals surface area contributed by atoms with E-state index in [0.29, 0.717) is 5.69 Å². The molecule has 0 bridgehead atoms.